The number of esters is 1. The summed E-state index contributed by atoms with van der Waals surface area (Å²) in [6.07, 6.45) is 0.854. The summed E-state index contributed by atoms with van der Waals surface area (Å²) in [4.78, 5) is 11.3. The van der Waals surface area contributed by atoms with Crippen LogP contribution in [0.1, 0.15) is 34.1 Å². The molecule has 0 amide bonds. The summed E-state index contributed by atoms with van der Waals surface area (Å²) >= 11 is 0. The molecule has 0 aliphatic heterocycles. The monoisotopic (exact) mass is 217 g/mol. The van der Waals surface area contributed by atoms with Gasteiger partial charge >= 0.3 is 5.97 Å². The minimum Gasteiger partial charge on any atom is -0.465 e. The molecule has 0 rings (SSSR count). The fraction of sp³-hybridized carbons (Fsp3) is 0.909. The van der Waals surface area contributed by atoms with Gasteiger partial charge in [-0.3, -0.25) is 4.79 Å². The SMILES string of the molecule is CCOC(=O)C(C)NCCC(C)(C)OC. The Morgan fingerprint density at radius 1 is 1.47 bits per heavy atom. The first-order valence-electron chi connectivity index (χ1n) is 5.38. The van der Waals surface area contributed by atoms with E-state index in [1.165, 1.54) is 0 Å². The van der Waals surface area contributed by atoms with Crippen LogP contribution < -0.4 is 5.32 Å². The van der Waals surface area contributed by atoms with Crippen molar-refractivity contribution in [1.29, 1.82) is 0 Å². The van der Waals surface area contributed by atoms with Crippen LogP contribution in [0.15, 0.2) is 0 Å². The second-order valence-electron chi connectivity index (χ2n) is 4.14. The zero-order valence-electron chi connectivity index (χ0n) is 10.4. The van der Waals surface area contributed by atoms with Crippen LogP contribution >= 0.6 is 0 Å². The van der Waals surface area contributed by atoms with Crippen LogP contribution in [-0.4, -0.2) is 37.9 Å². The topological polar surface area (TPSA) is 47.6 Å². The van der Waals surface area contributed by atoms with Crippen LogP contribution in [0.3, 0.4) is 0 Å². The van der Waals surface area contributed by atoms with Gasteiger partial charge in [0.2, 0.25) is 0 Å². The van der Waals surface area contributed by atoms with E-state index in [1.54, 1.807) is 21.0 Å². The van der Waals surface area contributed by atoms with Gasteiger partial charge in [-0.15, -0.1) is 0 Å². The number of methoxy groups -OCH3 is 1. The van der Waals surface area contributed by atoms with Crippen LogP contribution in [-0.2, 0) is 14.3 Å². The van der Waals surface area contributed by atoms with Crippen LogP contribution in [0, 0.1) is 0 Å². The van der Waals surface area contributed by atoms with Crippen molar-refractivity contribution in [2.75, 3.05) is 20.3 Å². The molecule has 4 heteroatoms. The molecule has 15 heavy (non-hydrogen) atoms. The van der Waals surface area contributed by atoms with Gasteiger partial charge in [-0.25, -0.2) is 0 Å². The number of carbonyl (C=O) groups is 1. The van der Waals surface area contributed by atoms with E-state index >= 15 is 0 Å². The van der Waals surface area contributed by atoms with E-state index in [9.17, 15) is 4.79 Å². The van der Waals surface area contributed by atoms with Crippen molar-refractivity contribution in [1.82, 2.24) is 5.32 Å². The summed E-state index contributed by atoms with van der Waals surface area (Å²) in [7, 11) is 1.69. The largest absolute Gasteiger partial charge is 0.465 e. The minimum atomic E-state index is -0.252. The maximum Gasteiger partial charge on any atom is 0.322 e. The van der Waals surface area contributed by atoms with Crippen molar-refractivity contribution >= 4 is 5.97 Å². The average molecular weight is 217 g/mol. The second kappa shape index (κ2) is 6.80. The summed E-state index contributed by atoms with van der Waals surface area (Å²) in [5, 5.41) is 3.10. The van der Waals surface area contributed by atoms with Crippen molar-refractivity contribution in [3.63, 3.8) is 0 Å². The first-order chi connectivity index (χ1) is 6.93. The van der Waals surface area contributed by atoms with Gasteiger partial charge in [-0.2, -0.15) is 0 Å². The molecule has 4 nitrogen and oxygen atoms in total. The molecule has 0 spiro atoms. The Hall–Kier alpha value is -0.610. The highest BCUT2D eigenvalue weighted by Gasteiger charge is 2.18. The van der Waals surface area contributed by atoms with E-state index in [1.807, 2.05) is 13.8 Å². The fourth-order valence-corrected chi connectivity index (χ4v) is 1.04. The Morgan fingerprint density at radius 2 is 2.07 bits per heavy atom. The highest BCUT2D eigenvalue weighted by atomic mass is 16.5. The molecule has 0 aromatic carbocycles. The van der Waals surface area contributed by atoms with Gasteiger partial charge in [0.05, 0.1) is 12.2 Å². The zero-order chi connectivity index (χ0) is 11.9. The number of nitrogens with one attached hydrogen (secondary N) is 1. The summed E-state index contributed by atoms with van der Waals surface area (Å²) < 4.78 is 10.2. The van der Waals surface area contributed by atoms with Gasteiger partial charge < -0.3 is 14.8 Å². The number of rotatable bonds is 7. The van der Waals surface area contributed by atoms with Crippen LogP contribution in [0.4, 0.5) is 0 Å². The molecule has 0 saturated heterocycles. The third kappa shape index (κ3) is 6.47. The van der Waals surface area contributed by atoms with Crippen molar-refractivity contribution in [2.24, 2.45) is 0 Å². The summed E-state index contributed by atoms with van der Waals surface area (Å²) in [5.74, 6) is -0.201. The number of carbonyl (C=O) groups excluding carboxylic acids is 1. The second-order valence-corrected chi connectivity index (χ2v) is 4.14. The van der Waals surface area contributed by atoms with E-state index in [2.05, 4.69) is 5.32 Å². The predicted octanol–water partition coefficient (Wildman–Crippen LogP) is 1.34. The molecule has 0 radical (unpaired) electrons. The summed E-state index contributed by atoms with van der Waals surface area (Å²) in [6, 6.07) is -0.252. The van der Waals surface area contributed by atoms with E-state index in [0.717, 1.165) is 13.0 Å². The maximum atomic E-state index is 11.3. The molecule has 0 aromatic rings. The molecule has 0 aromatic heterocycles. The third-order valence-electron chi connectivity index (χ3n) is 2.37. The zero-order valence-corrected chi connectivity index (χ0v) is 10.4. The third-order valence-corrected chi connectivity index (χ3v) is 2.37. The molecular weight excluding hydrogens is 194 g/mol. The lowest BCUT2D eigenvalue weighted by Gasteiger charge is -2.23. The van der Waals surface area contributed by atoms with Gasteiger partial charge in [0.25, 0.3) is 0 Å². The van der Waals surface area contributed by atoms with Crippen molar-refractivity contribution in [2.45, 2.75) is 45.8 Å². The van der Waals surface area contributed by atoms with Crippen LogP contribution in [0.2, 0.25) is 0 Å². The normalized spacial score (nSPS) is 13.7. The summed E-state index contributed by atoms with van der Waals surface area (Å²) in [6.45, 7) is 8.80. The highest BCUT2D eigenvalue weighted by Crippen LogP contribution is 2.11. The molecular formula is C11H23NO3. The van der Waals surface area contributed by atoms with Gasteiger partial charge in [-0.05, 0) is 40.7 Å². The van der Waals surface area contributed by atoms with E-state index in [4.69, 9.17) is 9.47 Å². The molecule has 90 valence electrons. The average Bonchev–Trinajstić information content (AvgIpc) is 2.18. The molecule has 1 N–H and O–H groups in total. The summed E-state index contributed by atoms with van der Waals surface area (Å²) in [5.41, 5.74) is -0.151. The Morgan fingerprint density at radius 3 is 2.53 bits per heavy atom. The maximum absolute atomic E-state index is 11.3. The first-order valence-corrected chi connectivity index (χ1v) is 5.38. The van der Waals surface area contributed by atoms with Gasteiger partial charge in [0.1, 0.15) is 6.04 Å². The quantitative estimate of drug-likeness (QED) is 0.654. The van der Waals surface area contributed by atoms with Crippen molar-refractivity contribution < 1.29 is 14.3 Å². The molecule has 1 atom stereocenters. The predicted molar refractivity (Wildman–Crippen MR) is 59.8 cm³/mol. The Kier molecular flexibility index (Phi) is 6.52. The van der Waals surface area contributed by atoms with Gasteiger partial charge in [0.15, 0.2) is 0 Å². The highest BCUT2D eigenvalue weighted by molar-refractivity contribution is 5.75. The Bertz CT molecular complexity index is 192. The fourth-order valence-electron chi connectivity index (χ4n) is 1.04. The van der Waals surface area contributed by atoms with Gasteiger partial charge in [0, 0.05) is 7.11 Å². The van der Waals surface area contributed by atoms with Crippen molar-refractivity contribution in [3.05, 3.63) is 0 Å². The Labute approximate surface area is 92.3 Å². The molecule has 0 aliphatic rings. The lowest BCUT2D eigenvalue weighted by molar-refractivity contribution is -0.145. The molecule has 0 bridgehead atoms. The lowest BCUT2D eigenvalue weighted by Crippen LogP contribution is -2.38. The molecule has 0 heterocycles. The molecule has 0 fully saturated rings. The molecule has 0 saturated carbocycles. The number of hydrogen-bond donors (Lipinski definition) is 1. The van der Waals surface area contributed by atoms with Crippen molar-refractivity contribution in [3.8, 4) is 0 Å². The van der Waals surface area contributed by atoms with E-state index in [0.29, 0.717) is 6.61 Å². The number of ether oxygens (including phenoxy) is 2. The lowest BCUT2D eigenvalue weighted by atomic mass is 10.1. The Balaban J connectivity index is 3.72. The smallest absolute Gasteiger partial charge is 0.322 e. The minimum absolute atomic E-state index is 0.151. The van der Waals surface area contributed by atoms with Gasteiger partial charge in [-0.1, -0.05) is 0 Å². The first kappa shape index (κ1) is 14.4. The number of hydrogen-bond acceptors (Lipinski definition) is 4. The van der Waals surface area contributed by atoms with E-state index in [-0.39, 0.29) is 17.6 Å². The van der Waals surface area contributed by atoms with Crippen LogP contribution in [0.5, 0.6) is 0 Å². The molecule has 0 aliphatic carbocycles. The van der Waals surface area contributed by atoms with E-state index < -0.39 is 0 Å². The van der Waals surface area contributed by atoms with Crippen LogP contribution in [0.25, 0.3) is 0 Å². The standard InChI is InChI=1S/C11H23NO3/c1-6-15-10(13)9(2)12-8-7-11(3,4)14-5/h9,12H,6-8H2,1-5H3. The molecule has 1 unspecified atom stereocenters.